The Hall–Kier alpha value is -3.48. The largest absolute Gasteiger partial charge is 0.391 e. The molecular weight excluding hydrogens is 418 g/mol. The number of aliphatic hydroxyl groups is 1. The van der Waals surface area contributed by atoms with Gasteiger partial charge in [0.05, 0.1) is 48.3 Å². The van der Waals surface area contributed by atoms with E-state index in [1.54, 1.807) is 25.5 Å². The number of halogens is 1. The zero-order valence-corrected chi connectivity index (χ0v) is 17.9. The topological polar surface area (TPSA) is 114 Å². The van der Waals surface area contributed by atoms with Crippen LogP contribution in [0.2, 0.25) is 5.02 Å². The molecule has 0 fully saturated rings. The summed E-state index contributed by atoms with van der Waals surface area (Å²) in [6, 6.07) is 4.70. The summed E-state index contributed by atoms with van der Waals surface area (Å²) in [4.78, 5) is 23.9. The third-order valence-electron chi connectivity index (χ3n) is 4.61. The number of urea groups is 1. The summed E-state index contributed by atoms with van der Waals surface area (Å²) in [5.74, 6) is 0. The van der Waals surface area contributed by atoms with Crippen molar-refractivity contribution in [1.29, 1.82) is 0 Å². The molecule has 0 saturated carbocycles. The van der Waals surface area contributed by atoms with Crippen LogP contribution >= 0.6 is 11.6 Å². The smallest absolute Gasteiger partial charge is 0.335 e. The second kappa shape index (κ2) is 9.55. The molecule has 0 aliphatic rings. The number of nitrogens with zero attached hydrogens (tertiary/aromatic N) is 6. The number of hydrogen-bond donors (Lipinski definition) is 2. The van der Waals surface area contributed by atoms with Crippen LogP contribution in [0.15, 0.2) is 35.8 Å². The fourth-order valence-electron chi connectivity index (χ4n) is 3.10. The first-order valence-electron chi connectivity index (χ1n) is 9.52. The van der Waals surface area contributed by atoms with Gasteiger partial charge in [-0.3, -0.25) is 0 Å². The third-order valence-corrected chi connectivity index (χ3v) is 4.96. The van der Waals surface area contributed by atoms with E-state index >= 15 is 0 Å². The number of hydrazone groups is 1. The monoisotopic (exact) mass is 439 g/mol. The maximum absolute atomic E-state index is 11.7. The van der Waals surface area contributed by atoms with Gasteiger partial charge >= 0.3 is 6.03 Å². The molecule has 0 bridgehead atoms. The van der Waals surface area contributed by atoms with Crippen LogP contribution in [-0.4, -0.2) is 56.1 Å². The average Bonchev–Trinajstić information content (AvgIpc) is 3.14. The van der Waals surface area contributed by atoms with E-state index in [1.807, 2.05) is 23.7 Å². The molecule has 9 nitrogen and oxygen atoms in total. The van der Waals surface area contributed by atoms with Gasteiger partial charge in [0, 0.05) is 29.4 Å². The minimum absolute atomic E-state index is 0.0362. The molecule has 2 heterocycles. The standard InChI is InChI=1S/C21H22ClN7O2/c1-13(30)11-29(21(23)31)26-9-15-7-19(20-10-25-12-28(20)3)27-18-8-17(22)14(4-5-24-2)6-16(15)18/h6-10,12-13,30H,4-5,11H2,1,3H3,(H2,23,31)/b26-9+. The van der Waals surface area contributed by atoms with Crippen molar-refractivity contribution in [3.8, 4) is 11.4 Å². The van der Waals surface area contributed by atoms with Crippen LogP contribution in [-0.2, 0) is 13.5 Å². The van der Waals surface area contributed by atoms with Crippen molar-refractivity contribution in [3.63, 3.8) is 0 Å². The second-order valence-electron chi connectivity index (χ2n) is 7.09. The Morgan fingerprint density at radius 1 is 1.48 bits per heavy atom. The molecular formula is C21H22ClN7O2. The van der Waals surface area contributed by atoms with E-state index in [0.29, 0.717) is 34.8 Å². The van der Waals surface area contributed by atoms with Gasteiger partial charge in [-0.25, -0.2) is 26.3 Å². The van der Waals surface area contributed by atoms with E-state index in [9.17, 15) is 9.90 Å². The number of benzene rings is 1. The van der Waals surface area contributed by atoms with Gasteiger partial charge in [-0.05, 0) is 30.7 Å². The number of pyridine rings is 1. The van der Waals surface area contributed by atoms with Gasteiger partial charge in [-0.1, -0.05) is 11.6 Å². The highest BCUT2D eigenvalue weighted by atomic mass is 35.5. The molecule has 3 N–H and O–H groups in total. The summed E-state index contributed by atoms with van der Waals surface area (Å²) in [5.41, 5.74) is 8.97. The minimum Gasteiger partial charge on any atom is -0.391 e. The molecule has 1 atom stereocenters. The summed E-state index contributed by atoms with van der Waals surface area (Å²) in [5, 5.41) is 16.1. The first kappa shape index (κ1) is 22.2. The molecule has 10 heteroatoms. The highest BCUT2D eigenvalue weighted by molar-refractivity contribution is 6.32. The lowest BCUT2D eigenvalue weighted by Crippen LogP contribution is -2.36. The van der Waals surface area contributed by atoms with Crippen LogP contribution in [0.25, 0.3) is 27.1 Å². The highest BCUT2D eigenvalue weighted by Gasteiger charge is 2.14. The molecule has 3 aromatic rings. The molecule has 0 spiro atoms. The zero-order chi connectivity index (χ0) is 22.5. The quantitative estimate of drug-likeness (QED) is 0.334. The van der Waals surface area contributed by atoms with Gasteiger partial charge in [0.2, 0.25) is 6.54 Å². The predicted molar refractivity (Wildman–Crippen MR) is 120 cm³/mol. The van der Waals surface area contributed by atoms with Crippen molar-refractivity contribution in [2.75, 3.05) is 13.1 Å². The SMILES string of the molecule is [C-]#[N+]CCc1cc2c(/C=N/N(CC(C)O)C(N)=O)cc(-c3cncn3C)nc2cc1Cl. The van der Waals surface area contributed by atoms with Crippen LogP contribution in [0, 0.1) is 6.57 Å². The maximum Gasteiger partial charge on any atom is 0.335 e. The number of aliphatic hydroxyl groups excluding tert-OH is 1. The number of aryl methyl sites for hydroxylation is 1. The Bertz CT molecular complexity index is 1180. The average molecular weight is 440 g/mol. The predicted octanol–water partition coefficient (Wildman–Crippen LogP) is 2.85. The van der Waals surface area contributed by atoms with Gasteiger partial charge in [0.25, 0.3) is 0 Å². The first-order chi connectivity index (χ1) is 14.8. The van der Waals surface area contributed by atoms with Crippen molar-refractivity contribution in [3.05, 3.63) is 58.3 Å². The van der Waals surface area contributed by atoms with Crippen LogP contribution in [0.5, 0.6) is 0 Å². The van der Waals surface area contributed by atoms with Gasteiger partial charge in [-0.15, -0.1) is 0 Å². The molecule has 1 aromatic carbocycles. The molecule has 0 aliphatic carbocycles. The summed E-state index contributed by atoms with van der Waals surface area (Å²) in [6.07, 6.45) is 4.59. The van der Waals surface area contributed by atoms with Crippen LogP contribution < -0.4 is 5.73 Å². The van der Waals surface area contributed by atoms with Gasteiger partial charge < -0.3 is 20.3 Å². The molecule has 2 amide bonds. The number of primary amides is 1. The van der Waals surface area contributed by atoms with Crippen molar-refractivity contribution in [2.24, 2.45) is 17.9 Å². The first-order valence-corrected chi connectivity index (χ1v) is 9.90. The number of amides is 2. The summed E-state index contributed by atoms with van der Waals surface area (Å²) in [7, 11) is 1.86. The van der Waals surface area contributed by atoms with Crippen molar-refractivity contribution < 1.29 is 9.90 Å². The molecule has 1 unspecified atom stereocenters. The van der Waals surface area contributed by atoms with Gasteiger partial charge in [0.1, 0.15) is 0 Å². The molecule has 3 rings (SSSR count). The number of carbonyl (C=O) groups is 1. The van der Waals surface area contributed by atoms with Crippen LogP contribution in [0.3, 0.4) is 0 Å². The Morgan fingerprint density at radius 2 is 2.26 bits per heavy atom. The molecule has 2 aromatic heterocycles. The fraction of sp³-hybridized carbons (Fsp3) is 0.286. The number of imidazole rings is 1. The third kappa shape index (κ3) is 5.17. The molecule has 160 valence electrons. The lowest BCUT2D eigenvalue weighted by molar-refractivity contribution is 0.139. The Balaban J connectivity index is 2.17. The maximum atomic E-state index is 11.7. The lowest BCUT2D eigenvalue weighted by atomic mass is 10.0. The number of hydrogen-bond acceptors (Lipinski definition) is 5. The normalized spacial score (nSPS) is 12.2. The zero-order valence-electron chi connectivity index (χ0n) is 17.2. The number of nitrogens with two attached hydrogens (primary N) is 1. The number of fused-ring (bicyclic) bond motifs is 1. The van der Waals surface area contributed by atoms with Gasteiger partial charge in [0.15, 0.2) is 0 Å². The highest BCUT2D eigenvalue weighted by Crippen LogP contribution is 2.29. The lowest BCUT2D eigenvalue weighted by Gasteiger charge is -2.16. The summed E-state index contributed by atoms with van der Waals surface area (Å²) < 4.78 is 1.84. The van der Waals surface area contributed by atoms with E-state index in [0.717, 1.165) is 21.7 Å². The summed E-state index contributed by atoms with van der Waals surface area (Å²) >= 11 is 6.43. The van der Waals surface area contributed by atoms with Crippen LogP contribution in [0.4, 0.5) is 4.79 Å². The van der Waals surface area contributed by atoms with E-state index in [-0.39, 0.29) is 6.54 Å². The van der Waals surface area contributed by atoms with E-state index in [1.165, 1.54) is 6.21 Å². The van der Waals surface area contributed by atoms with Crippen LogP contribution in [0.1, 0.15) is 18.1 Å². The van der Waals surface area contributed by atoms with Crippen molar-refractivity contribution >= 4 is 34.7 Å². The van der Waals surface area contributed by atoms with E-state index < -0.39 is 12.1 Å². The molecule has 31 heavy (non-hydrogen) atoms. The number of aromatic nitrogens is 3. The molecule has 0 radical (unpaired) electrons. The van der Waals surface area contributed by atoms with E-state index in [4.69, 9.17) is 28.9 Å². The van der Waals surface area contributed by atoms with E-state index in [2.05, 4.69) is 14.9 Å². The number of rotatable bonds is 7. The summed E-state index contributed by atoms with van der Waals surface area (Å²) in [6.45, 7) is 8.86. The van der Waals surface area contributed by atoms with Crippen molar-refractivity contribution in [1.82, 2.24) is 19.5 Å². The van der Waals surface area contributed by atoms with Crippen molar-refractivity contribution in [2.45, 2.75) is 19.4 Å². The minimum atomic E-state index is -0.789. The molecule has 0 saturated heterocycles. The fourth-order valence-corrected chi connectivity index (χ4v) is 3.36. The Labute approximate surface area is 184 Å². The number of carbonyl (C=O) groups excluding carboxylic acids is 1. The molecule has 0 aliphatic heterocycles. The van der Waals surface area contributed by atoms with Gasteiger partial charge in [-0.2, -0.15) is 5.10 Å². The second-order valence-corrected chi connectivity index (χ2v) is 7.50. The Morgan fingerprint density at radius 3 is 2.87 bits per heavy atom. The Kier molecular flexibility index (Phi) is 6.84.